The van der Waals surface area contributed by atoms with E-state index in [9.17, 15) is 0 Å². The van der Waals surface area contributed by atoms with Gasteiger partial charge in [0.1, 0.15) is 12.4 Å². The van der Waals surface area contributed by atoms with E-state index in [1.807, 2.05) is 41.8 Å². The first-order valence-electron chi connectivity index (χ1n) is 5.24. The van der Waals surface area contributed by atoms with Crippen LogP contribution in [0.4, 0.5) is 0 Å². The van der Waals surface area contributed by atoms with Crippen LogP contribution in [0.3, 0.4) is 0 Å². The summed E-state index contributed by atoms with van der Waals surface area (Å²) in [5.41, 5.74) is 0.965. The molecule has 3 heteroatoms. The fraction of sp³-hybridized carbons (Fsp3) is 0.0714. The number of hydrogen-bond acceptors (Lipinski definition) is 3. The smallest absolute Gasteiger partial charge is 0.128 e. The van der Waals surface area contributed by atoms with E-state index in [2.05, 4.69) is 6.58 Å². The third-order valence-electron chi connectivity index (χ3n) is 2.23. The minimum atomic E-state index is 0.490. The number of para-hydroxylation sites is 1. The van der Waals surface area contributed by atoms with Crippen LogP contribution in [0.5, 0.6) is 5.75 Å². The molecular weight excluding hydrogens is 248 g/mol. The predicted octanol–water partition coefficient (Wildman–Crippen LogP) is 4.08. The molecule has 17 heavy (non-hydrogen) atoms. The lowest BCUT2D eigenvalue weighted by molar-refractivity contribution is 0.362. The first-order chi connectivity index (χ1) is 8.33. The molecule has 1 nitrogen and oxygen atoms in total. The molecule has 0 radical (unpaired) electrons. The summed E-state index contributed by atoms with van der Waals surface area (Å²) in [6, 6.07) is 11.9. The summed E-state index contributed by atoms with van der Waals surface area (Å²) in [6.45, 7) is 4.13. The van der Waals surface area contributed by atoms with Gasteiger partial charge in [-0.3, -0.25) is 0 Å². The maximum absolute atomic E-state index is 5.60. The van der Waals surface area contributed by atoms with Crippen molar-refractivity contribution in [3.05, 3.63) is 64.9 Å². The van der Waals surface area contributed by atoms with Crippen molar-refractivity contribution < 1.29 is 4.74 Å². The second kappa shape index (κ2) is 5.75. The zero-order valence-corrected chi connectivity index (χ0v) is 10.9. The Morgan fingerprint density at radius 1 is 1.29 bits per heavy atom. The third-order valence-corrected chi connectivity index (χ3v) is 3.69. The zero-order valence-electron chi connectivity index (χ0n) is 9.26. The summed E-state index contributed by atoms with van der Waals surface area (Å²) >= 11 is 7.12. The van der Waals surface area contributed by atoms with Crippen LogP contribution in [0.1, 0.15) is 10.4 Å². The van der Waals surface area contributed by atoms with Gasteiger partial charge < -0.3 is 4.74 Å². The highest BCUT2D eigenvalue weighted by atomic mass is 32.1. The molecule has 0 atom stereocenters. The fourth-order valence-corrected chi connectivity index (χ4v) is 2.53. The topological polar surface area (TPSA) is 9.23 Å². The van der Waals surface area contributed by atoms with Gasteiger partial charge in [0.15, 0.2) is 0 Å². The molecule has 0 unspecified atom stereocenters. The molecule has 2 rings (SSSR count). The monoisotopic (exact) mass is 260 g/mol. The largest absolute Gasteiger partial charge is 0.489 e. The molecular formula is C14H12OS2. The molecule has 0 aliphatic heterocycles. The summed E-state index contributed by atoms with van der Waals surface area (Å²) in [4.78, 5) is 1.93. The van der Waals surface area contributed by atoms with Crippen LogP contribution in [-0.4, -0.2) is 11.5 Å². The van der Waals surface area contributed by atoms with E-state index < -0.39 is 0 Å². The van der Waals surface area contributed by atoms with Crippen molar-refractivity contribution in [3.8, 4) is 5.75 Å². The molecule has 2 aromatic rings. The predicted molar refractivity (Wildman–Crippen MR) is 77.3 cm³/mol. The SMILES string of the molecule is C=CCOc1ccccc1C(=S)c1cccs1. The number of thiophene rings is 1. The van der Waals surface area contributed by atoms with Gasteiger partial charge in [0, 0.05) is 10.4 Å². The van der Waals surface area contributed by atoms with E-state index in [1.165, 1.54) is 0 Å². The Morgan fingerprint density at radius 2 is 2.12 bits per heavy atom. The van der Waals surface area contributed by atoms with Crippen molar-refractivity contribution in [3.63, 3.8) is 0 Å². The van der Waals surface area contributed by atoms with Crippen LogP contribution >= 0.6 is 23.6 Å². The average Bonchev–Trinajstić information content (AvgIpc) is 2.89. The van der Waals surface area contributed by atoms with Crippen LogP contribution in [0.25, 0.3) is 0 Å². The fourth-order valence-electron chi connectivity index (χ4n) is 1.47. The first kappa shape index (κ1) is 12.0. The van der Waals surface area contributed by atoms with E-state index >= 15 is 0 Å². The lowest BCUT2D eigenvalue weighted by atomic mass is 10.1. The van der Waals surface area contributed by atoms with Gasteiger partial charge >= 0.3 is 0 Å². The number of ether oxygens (including phenoxy) is 1. The van der Waals surface area contributed by atoms with Crippen molar-refractivity contribution in [2.45, 2.75) is 0 Å². The summed E-state index contributed by atoms with van der Waals surface area (Å²) in [5.74, 6) is 0.811. The van der Waals surface area contributed by atoms with Gasteiger partial charge in [-0.15, -0.1) is 11.3 Å². The lowest BCUT2D eigenvalue weighted by Gasteiger charge is -2.09. The first-order valence-corrected chi connectivity index (χ1v) is 6.52. The number of rotatable bonds is 5. The second-order valence-electron chi connectivity index (χ2n) is 3.40. The van der Waals surface area contributed by atoms with E-state index in [0.717, 1.165) is 21.1 Å². The molecule has 0 saturated carbocycles. The van der Waals surface area contributed by atoms with Crippen molar-refractivity contribution in [1.29, 1.82) is 0 Å². The standard InChI is InChI=1S/C14H12OS2/c1-2-9-15-12-7-4-3-6-11(12)14(16)13-8-5-10-17-13/h2-8,10H,1,9H2. The highest BCUT2D eigenvalue weighted by Gasteiger charge is 2.10. The summed E-state index contributed by atoms with van der Waals surface area (Å²) < 4.78 is 5.60. The molecule has 0 fully saturated rings. The zero-order chi connectivity index (χ0) is 12.1. The van der Waals surface area contributed by atoms with Crippen molar-refractivity contribution in [2.75, 3.05) is 6.61 Å². The minimum Gasteiger partial charge on any atom is -0.489 e. The maximum atomic E-state index is 5.60. The molecule has 1 aromatic heterocycles. The molecule has 0 aliphatic carbocycles. The van der Waals surface area contributed by atoms with Gasteiger partial charge in [-0.2, -0.15) is 0 Å². The Bertz CT molecular complexity index is 515. The lowest BCUT2D eigenvalue weighted by Crippen LogP contribution is -2.02. The molecule has 0 saturated heterocycles. The van der Waals surface area contributed by atoms with Crippen molar-refractivity contribution >= 4 is 28.4 Å². The molecule has 86 valence electrons. The third kappa shape index (κ3) is 2.81. The normalized spacial score (nSPS) is 9.88. The van der Waals surface area contributed by atoms with Gasteiger partial charge in [-0.25, -0.2) is 0 Å². The minimum absolute atomic E-state index is 0.490. The quantitative estimate of drug-likeness (QED) is 0.455. The summed E-state index contributed by atoms with van der Waals surface area (Å²) in [5, 5.41) is 2.02. The van der Waals surface area contributed by atoms with E-state index in [0.29, 0.717) is 6.61 Å². The average molecular weight is 260 g/mol. The Hall–Kier alpha value is -1.45. The molecule has 1 aromatic carbocycles. The van der Waals surface area contributed by atoms with Gasteiger partial charge in [0.2, 0.25) is 0 Å². The Balaban J connectivity index is 2.31. The molecule has 0 spiro atoms. The maximum Gasteiger partial charge on any atom is 0.128 e. The number of benzene rings is 1. The van der Waals surface area contributed by atoms with Crippen LogP contribution < -0.4 is 4.74 Å². The Labute approximate surface area is 110 Å². The Morgan fingerprint density at radius 3 is 2.82 bits per heavy atom. The van der Waals surface area contributed by atoms with Crippen LogP contribution in [0.2, 0.25) is 0 Å². The van der Waals surface area contributed by atoms with E-state index in [1.54, 1.807) is 17.4 Å². The molecule has 1 heterocycles. The van der Waals surface area contributed by atoms with E-state index in [-0.39, 0.29) is 0 Å². The molecule has 0 bridgehead atoms. The van der Waals surface area contributed by atoms with Crippen LogP contribution in [-0.2, 0) is 0 Å². The highest BCUT2D eigenvalue weighted by Crippen LogP contribution is 2.24. The molecule has 0 N–H and O–H groups in total. The number of hydrogen-bond donors (Lipinski definition) is 0. The van der Waals surface area contributed by atoms with Gasteiger partial charge in [-0.05, 0) is 23.6 Å². The van der Waals surface area contributed by atoms with E-state index in [4.69, 9.17) is 17.0 Å². The van der Waals surface area contributed by atoms with Crippen LogP contribution in [0, 0.1) is 0 Å². The van der Waals surface area contributed by atoms with Gasteiger partial charge in [0.05, 0.1) is 4.86 Å². The number of thiocarbonyl (C=S) groups is 1. The van der Waals surface area contributed by atoms with Crippen LogP contribution in [0.15, 0.2) is 54.4 Å². The summed E-state index contributed by atoms with van der Waals surface area (Å²) in [7, 11) is 0. The molecule has 0 amide bonds. The second-order valence-corrected chi connectivity index (χ2v) is 4.76. The summed E-state index contributed by atoms with van der Waals surface area (Å²) in [6.07, 6.45) is 1.73. The van der Waals surface area contributed by atoms with Crippen molar-refractivity contribution in [1.82, 2.24) is 0 Å². The Kier molecular flexibility index (Phi) is 4.07. The van der Waals surface area contributed by atoms with Crippen molar-refractivity contribution in [2.24, 2.45) is 0 Å². The molecule has 0 aliphatic rings. The van der Waals surface area contributed by atoms with Gasteiger partial charge in [-0.1, -0.05) is 43.1 Å². The van der Waals surface area contributed by atoms with Gasteiger partial charge in [0.25, 0.3) is 0 Å². The highest BCUT2D eigenvalue weighted by molar-refractivity contribution is 7.81.